The smallest absolute Gasteiger partial charge is 0.303 e. The number of hydrogen-bond donors (Lipinski definition) is 3. The van der Waals surface area contributed by atoms with Crippen molar-refractivity contribution in [3.63, 3.8) is 0 Å². The summed E-state index contributed by atoms with van der Waals surface area (Å²) in [6, 6.07) is 10.8. The monoisotopic (exact) mass is 712 g/mol. The second-order valence-corrected chi connectivity index (χ2v) is 17.0. The van der Waals surface area contributed by atoms with E-state index in [1.807, 2.05) is 29.0 Å². The van der Waals surface area contributed by atoms with Crippen molar-refractivity contribution in [3.05, 3.63) is 70.3 Å². The van der Waals surface area contributed by atoms with Crippen LogP contribution in [0.5, 0.6) is 5.75 Å². The zero-order valence-electron chi connectivity index (χ0n) is 28.0. The van der Waals surface area contributed by atoms with E-state index in [4.69, 9.17) is 16.3 Å². The second-order valence-electron chi connectivity index (χ2n) is 14.7. The number of rotatable bonds is 3. The standard InChI is InChI=1S/C36H45ClN4O7S/c1-39(2)49(46,47)38-34(44)36(45)19-33(43)41-16-14-27(41)6-3-7-31(42)28-11-8-24(28)20-40-21-35(22-48-32-13-9-25(36)18-30(32)40)15-4-5-23-17-26(37)10-12-29(23)35/h3,7,9-10,12-13,17-18,24,27-28,31,42,45H,4-6,8,11,14-16,19-22H2,1-2H3,(H,38,44)/b7-3+/t24-,27-,28+,31-,35-,36+/m0/s1. The van der Waals surface area contributed by atoms with Crippen molar-refractivity contribution in [2.24, 2.45) is 11.8 Å². The molecule has 2 bridgehead atoms. The van der Waals surface area contributed by atoms with Crippen LogP contribution in [0.15, 0.2) is 48.6 Å². The van der Waals surface area contributed by atoms with E-state index in [2.05, 4.69) is 11.0 Å². The molecule has 0 aromatic heterocycles. The van der Waals surface area contributed by atoms with E-state index in [0.29, 0.717) is 49.1 Å². The molecule has 49 heavy (non-hydrogen) atoms. The summed E-state index contributed by atoms with van der Waals surface area (Å²) in [5.41, 5.74) is 0.264. The molecule has 3 heterocycles. The fraction of sp³-hybridized carbons (Fsp3) is 0.556. The molecular weight excluding hydrogens is 668 g/mol. The van der Waals surface area contributed by atoms with Crippen LogP contribution in [0.1, 0.15) is 61.6 Å². The number of ether oxygens (including phenoxy) is 1. The number of amides is 2. The Morgan fingerprint density at radius 1 is 1.14 bits per heavy atom. The predicted octanol–water partition coefficient (Wildman–Crippen LogP) is 3.26. The van der Waals surface area contributed by atoms with Crippen molar-refractivity contribution in [2.75, 3.05) is 45.2 Å². The van der Waals surface area contributed by atoms with Crippen LogP contribution in [0.25, 0.3) is 0 Å². The Balaban J connectivity index is 1.34. The summed E-state index contributed by atoms with van der Waals surface area (Å²) >= 11 is 6.42. The molecule has 2 aromatic carbocycles. The van der Waals surface area contributed by atoms with E-state index in [1.54, 1.807) is 23.1 Å². The number of anilines is 1. The number of nitrogens with one attached hydrogen (secondary N) is 1. The largest absolute Gasteiger partial charge is 0.490 e. The highest BCUT2D eigenvalue weighted by molar-refractivity contribution is 7.87. The van der Waals surface area contributed by atoms with Gasteiger partial charge in [-0.3, -0.25) is 9.59 Å². The van der Waals surface area contributed by atoms with E-state index >= 15 is 0 Å². The minimum atomic E-state index is -4.28. The van der Waals surface area contributed by atoms with Crippen LogP contribution in [0.3, 0.4) is 0 Å². The first-order valence-electron chi connectivity index (χ1n) is 17.2. The number of hydrogen-bond acceptors (Lipinski definition) is 8. The zero-order valence-corrected chi connectivity index (χ0v) is 29.5. The van der Waals surface area contributed by atoms with Gasteiger partial charge in [0.25, 0.3) is 5.91 Å². The van der Waals surface area contributed by atoms with Crippen molar-refractivity contribution in [3.8, 4) is 5.75 Å². The topological polar surface area (TPSA) is 140 Å². The molecule has 1 spiro atoms. The van der Waals surface area contributed by atoms with Crippen molar-refractivity contribution in [1.82, 2.24) is 13.9 Å². The van der Waals surface area contributed by atoms with Gasteiger partial charge in [0.05, 0.1) is 24.8 Å². The van der Waals surface area contributed by atoms with E-state index in [9.17, 15) is 28.2 Å². The van der Waals surface area contributed by atoms with Crippen LogP contribution >= 0.6 is 11.6 Å². The molecule has 1 saturated carbocycles. The predicted molar refractivity (Wildman–Crippen MR) is 186 cm³/mol. The van der Waals surface area contributed by atoms with Crippen LogP contribution in [0.4, 0.5) is 5.69 Å². The summed E-state index contributed by atoms with van der Waals surface area (Å²) in [6.45, 7) is 2.06. The number of carbonyl (C=O) groups is 2. The molecule has 6 atom stereocenters. The summed E-state index contributed by atoms with van der Waals surface area (Å²) in [4.78, 5) is 31.5. The lowest BCUT2D eigenvalue weighted by Gasteiger charge is -2.45. The molecule has 0 radical (unpaired) electrons. The van der Waals surface area contributed by atoms with Crippen molar-refractivity contribution < 1.29 is 33.0 Å². The minimum Gasteiger partial charge on any atom is -0.490 e. The van der Waals surface area contributed by atoms with Crippen LogP contribution in [0, 0.1) is 11.8 Å². The van der Waals surface area contributed by atoms with Crippen LogP contribution in [0.2, 0.25) is 5.02 Å². The summed E-state index contributed by atoms with van der Waals surface area (Å²) < 4.78 is 35.1. The first-order valence-corrected chi connectivity index (χ1v) is 19.0. The number of benzene rings is 2. The molecule has 13 heteroatoms. The molecule has 11 nitrogen and oxygen atoms in total. The van der Waals surface area contributed by atoms with E-state index < -0.39 is 40.1 Å². The fourth-order valence-corrected chi connectivity index (χ4v) is 9.16. The third kappa shape index (κ3) is 6.24. The Kier molecular flexibility index (Phi) is 9.01. The molecule has 3 aliphatic heterocycles. The van der Waals surface area contributed by atoms with Gasteiger partial charge in [0.2, 0.25) is 5.91 Å². The Morgan fingerprint density at radius 3 is 2.67 bits per heavy atom. The summed E-state index contributed by atoms with van der Waals surface area (Å²) in [7, 11) is -1.73. The molecule has 0 unspecified atom stereocenters. The lowest BCUT2D eigenvalue weighted by molar-refractivity contribution is -0.153. The number of carbonyl (C=O) groups excluding carboxylic acids is 2. The molecule has 2 amide bonds. The molecular formula is C36H45ClN4O7S. The van der Waals surface area contributed by atoms with Gasteiger partial charge < -0.3 is 24.7 Å². The normalized spacial score (nSPS) is 32.1. The number of halogens is 1. The van der Waals surface area contributed by atoms with Gasteiger partial charge in [-0.1, -0.05) is 35.9 Å². The Labute approximate surface area is 293 Å². The molecule has 7 rings (SSSR count). The van der Waals surface area contributed by atoms with Crippen LogP contribution in [-0.2, 0) is 37.2 Å². The lowest BCUT2D eigenvalue weighted by Crippen LogP contribution is -2.56. The molecule has 1 saturated heterocycles. The minimum absolute atomic E-state index is 0.0615. The van der Waals surface area contributed by atoms with Gasteiger partial charge in [0, 0.05) is 50.2 Å². The number of nitrogens with zero attached hydrogens (tertiary/aromatic N) is 3. The van der Waals surface area contributed by atoms with Gasteiger partial charge in [-0.25, -0.2) is 4.72 Å². The highest BCUT2D eigenvalue weighted by Gasteiger charge is 2.48. The summed E-state index contributed by atoms with van der Waals surface area (Å²) in [5.74, 6) is -0.855. The van der Waals surface area contributed by atoms with Gasteiger partial charge in [-0.15, -0.1) is 0 Å². The molecule has 2 aliphatic carbocycles. The maximum atomic E-state index is 13.9. The van der Waals surface area contributed by atoms with Gasteiger partial charge in [0.15, 0.2) is 5.60 Å². The first-order chi connectivity index (χ1) is 23.3. The Bertz CT molecular complexity index is 1790. The van der Waals surface area contributed by atoms with Crippen molar-refractivity contribution in [2.45, 2.75) is 74.5 Å². The molecule has 5 aliphatic rings. The quantitative estimate of drug-likeness (QED) is 0.413. The Hall–Kier alpha value is -3.16. The SMILES string of the molecule is CN(C)S(=O)(=O)NC(=O)[C@@]1(O)CC(=O)N2CC[C@@H]2C/C=C/[C@H](O)[C@@H]2CC[C@H]2CN2C[C@@]3(CCCc4cc(Cl)ccc43)COc3ccc1cc32. The maximum Gasteiger partial charge on any atom is 0.303 e. The van der Waals surface area contributed by atoms with Crippen LogP contribution in [-0.4, -0.2) is 92.1 Å². The van der Waals surface area contributed by atoms with Gasteiger partial charge in [-0.2, -0.15) is 12.7 Å². The number of fused-ring (bicyclic) bond motifs is 5. The van der Waals surface area contributed by atoms with Crippen LogP contribution < -0.4 is 14.4 Å². The second kappa shape index (κ2) is 12.9. The molecule has 2 fully saturated rings. The molecule has 2 aromatic rings. The van der Waals surface area contributed by atoms with E-state index in [-0.39, 0.29) is 28.9 Å². The van der Waals surface area contributed by atoms with E-state index in [1.165, 1.54) is 25.2 Å². The maximum absolute atomic E-state index is 13.9. The third-order valence-corrected chi connectivity index (χ3v) is 13.2. The number of aryl methyl sites for hydroxylation is 1. The van der Waals surface area contributed by atoms with Crippen molar-refractivity contribution >= 4 is 39.3 Å². The zero-order chi connectivity index (χ0) is 34.7. The molecule has 3 N–H and O–H groups in total. The Morgan fingerprint density at radius 2 is 1.96 bits per heavy atom. The van der Waals surface area contributed by atoms with Gasteiger partial charge in [-0.05, 0) is 97.7 Å². The highest BCUT2D eigenvalue weighted by Crippen LogP contribution is 2.47. The van der Waals surface area contributed by atoms with Gasteiger partial charge in [0.1, 0.15) is 5.75 Å². The van der Waals surface area contributed by atoms with Gasteiger partial charge >= 0.3 is 10.2 Å². The number of aliphatic hydroxyl groups is 2. The van der Waals surface area contributed by atoms with Crippen molar-refractivity contribution in [1.29, 1.82) is 0 Å². The lowest BCUT2D eigenvalue weighted by atomic mass is 9.68. The number of aliphatic hydroxyl groups excluding tert-OH is 1. The first kappa shape index (κ1) is 34.3. The summed E-state index contributed by atoms with van der Waals surface area (Å²) in [6.07, 6.45) is 8.42. The average Bonchev–Trinajstić information content (AvgIpc) is 3.16. The fourth-order valence-electron chi connectivity index (χ4n) is 8.38. The highest BCUT2D eigenvalue weighted by atomic mass is 35.5. The third-order valence-electron chi connectivity index (χ3n) is 11.6. The van der Waals surface area contributed by atoms with E-state index in [0.717, 1.165) is 42.8 Å². The summed E-state index contributed by atoms with van der Waals surface area (Å²) in [5, 5.41) is 24.2. The average molecular weight is 713 g/mol. The molecule has 264 valence electrons.